The van der Waals surface area contributed by atoms with Gasteiger partial charge in [0.1, 0.15) is 11.6 Å². The Morgan fingerprint density at radius 2 is 1.73 bits per heavy atom. The molecule has 0 unspecified atom stereocenters. The highest BCUT2D eigenvalue weighted by atomic mass is 19.3. The van der Waals surface area contributed by atoms with Gasteiger partial charge in [-0.15, -0.1) is 0 Å². The first-order chi connectivity index (χ1) is 18.0. The summed E-state index contributed by atoms with van der Waals surface area (Å²) in [5, 5.41) is 17.1. The fourth-order valence-corrected chi connectivity index (χ4v) is 3.65. The molecule has 0 aliphatic carbocycles. The average molecular weight is 501 g/mol. The number of hydrogen-bond acceptors (Lipinski definition) is 7. The fraction of sp³-hybridized carbons (Fsp3) is 0.0769. The molecule has 37 heavy (non-hydrogen) atoms. The molecule has 3 aromatic carbocycles. The first kappa shape index (κ1) is 23.7. The molecule has 9 nitrogen and oxygen atoms in total. The summed E-state index contributed by atoms with van der Waals surface area (Å²) in [5.41, 5.74) is 3.83. The highest BCUT2D eigenvalue weighted by molar-refractivity contribution is 5.93. The summed E-state index contributed by atoms with van der Waals surface area (Å²) >= 11 is 0. The zero-order valence-electron chi connectivity index (χ0n) is 19.3. The Morgan fingerprint density at radius 1 is 0.946 bits per heavy atom. The molecule has 2 aromatic heterocycles. The molecule has 4 N–H and O–H groups in total. The topological polar surface area (TPSA) is 117 Å². The van der Waals surface area contributed by atoms with Gasteiger partial charge in [0.25, 0.3) is 0 Å². The van der Waals surface area contributed by atoms with Gasteiger partial charge in [-0.1, -0.05) is 18.2 Å². The van der Waals surface area contributed by atoms with Crippen LogP contribution in [0.5, 0.6) is 5.75 Å². The fourth-order valence-electron chi connectivity index (χ4n) is 3.65. The molecule has 0 aliphatic rings. The number of aromatic amines is 1. The van der Waals surface area contributed by atoms with E-state index in [1.807, 2.05) is 42.5 Å². The Balaban J connectivity index is 1.17. The van der Waals surface area contributed by atoms with Gasteiger partial charge in [-0.25, -0.2) is 4.98 Å². The summed E-state index contributed by atoms with van der Waals surface area (Å²) in [6, 6.07) is 20.6. The number of amides is 1. The van der Waals surface area contributed by atoms with Crippen molar-refractivity contribution in [1.29, 1.82) is 0 Å². The maximum absolute atomic E-state index is 12.4. The monoisotopic (exact) mass is 501 g/mol. The Kier molecular flexibility index (Phi) is 6.84. The Bertz CT molecular complexity index is 1510. The summed E-state index contributed by atoms with van der Waals surface area (Å²) in [5.74, 6) is 0.817. The smallest absolute Gasteiger partial charge is 0.387 e. The van der Waals surface area contributed by atoms with E-state index in [1.54, 1.807) is 18.5 Å². The zero-order chi connectivity index (χ0) is 25.6. The molecule has 1 amide bonds. The highest BCUT2D eigenvalue weighted by Crippen LogP contribution is 2.25. The van der Waals surface area contributed by atoms with Crippen molar-refractivity contribution in [1.82, 2.24) is 20.2 Å². The zero-order valence-corrected chi connectivity index (χ0v) is 19.3. The highest BCUT2D eigenvalue weighted by Gasteiger charge is 2.08. The van der Waals surface area contributed by atoms with Gasteiger partial charge in [-0.2, -0.15) is 18.9 Å². The van der Waals surface area contributed by atoms with Crippen LogP contribution >= 0.6 is 0 Å². The summed E-state index contributed by atoms with van der Waals surface area (Å²) < 4.78 is 28.8. The van der Waals surface area contributed by atoms with Crippen LogP contribution in [-0.4, -0.2) is 32.7 Å². The minimum absolute atomic E-state index is 0.0247. The van der Waals surface area contributed by atoms with Crippen molar-refractivity contribution >= 4 is 45.6 Å². The molecule has 186 valence electrons. The first-order valence-electron chi connectivity index (χ1n) is 11.2. The Hall–Kier alpha value is -5.06. The number of anilines is 5. The lowest BCUT2D eigenvalue weighted by Gasteiger charge is -2.10. The van der Waals surface area contributed by atoms with Crippen LogP contribution in [0.2, 0.25) is 0 Å². The molecule has 5 aromatic rings. The second-order valence-corrected chi connectivity index (χ2v) is 7.98. The molecule has 2 heterocycles. The minimum atomic E-state index is -2.90. The molecule has 0 radical (unpaired) electrons. The third-order valence-electron chi connectivity index (χ3n) is 5.34. The molecule has 0 bridgehead atoms. The van der Waals surface area contributed by atoms with Crippen molar-refractivity contribution in [2.75, 3.05) is 16.0 Å². The number of fused-ring (bicyclic) bond motifs is 1. The van der Waals surface area contributed by atoms with Crippen LogP contribution in [0, 0.1) is 0 Å². The van der Waals surface area contributed by atoms with E-state index in [0.29, 0.717) is 17.5 Å². The number of alkyl halides is 2. The number of carbonyl (C=O) groups is 1. The second-order valence-electron chi connectivity index (χ2n) is 7.98. The van der Waals surface area contributed by atoms with Crippen LogP contribution < -0.4 is 20.7 Å². The summed E-state index contributed by atoms with van der Waals surface area (Å²) in [4.78, 5) is 21.2. The van der Waals surface area contributed by atoms with Gasteiger partial charge in [0, 0.05) is 23.0 Å². The number of rotatable bonds is 9. The van der Waals surface area contributed by atoms with Gasteiger partial charge in [0.15, 0.2) is 0 Å². The van der Waals surface area contributed by atoms with Gasteiger partial charge < -0.3 is 20.7 Å². The third kappa shape index (κ3) is 6.14. The van der Waals surface area contributed by atoms with E-state index >= 15 is 0 Å². The van der Waals surface area contributed by atoms with Crippen molar-refractivity contribution in [2.45, 2.75) is 13.0 Å². The van der Waals surface area contributed by atoms with Crippen LogP contribution in [0.1, 0.15) is 5.56 Å². The van der Waals surface area contributed by atoms with Crippen molar-refractivity contribution in [2.24, 2.45) is 0 Å². The van der Waals surface area contributed by atoms with E-state index in [0.717, 1.165) is 27.8 Å². The van der Waals surface area contributed by atoms with Crippen molar-refractivity contribution in [3.8, 4) is 5.75 Å². The van der Waals surface area contributed by atoms with E-state index in [-0.39, 0.29) is 18.1 Å². The summed E-state index contributed by atoms with van der Waals surface area (Å²) in [6.45, 7) is -2.90. The summed E-state index contributed by atoms with van der Waals surface area (Å²) in [7, 11) is 0. The first-order valence-corrected chi connectivity index (χ1v) is 11.2. The number of aromatic nitrogens is 4. The molecule has 0 saturated heterocycles. The average Bonchev–Trinajstić information content (AvgIpc) is 3.37. The normalized spacial score (nSPS) is 10.9. The molecule has 0 saturated carbocycles. The number of ether oxygens (including phenoxy) is 1. The van der Waals surface area contributed by atoms with E-state index in [9.17, 15) is 13.6 Å². The van der Waals surface area contributed by atoms with E-state index in [1.165, 1.54) is 24.3 Å². The van der Waals surface area contributed by atoms with Crippen molar-refractivity contribution in [3.63, 3.8) is 0 Å². The Labute approximate surface area is 209 Å². The molecule has 0 atom stereocenters. The number of halogens is 2. The number of H-pyrrole nitrogens is 1. The van der Waals surface area contributed by atoms with Crippen LogP contribution in [0.15, 0.2) is 85.2 Å². The molecule has 0 fully saturated rings. The lowest BCUT2D eigenvalue weighted by atomic mass is 10.1. The molecular formula is C26H21F2N7O2. The molecule has 0 spiro atoms. The lowest BCUT2D eigenvalue weighted by Crippen LogP contribution is -2.14. The van der Waals surface area contributed by atoms with E-state index < -0.39 is 6.61 Å². The molecular weight excluding hydrogens is 480 g/mol. The van der Waals surface area contributed by atoms with E-state index in [2.05, 4.69) is 40.9 Å². The van der Waals surface area contributed by atoms with Crippen LogP contribution in [0.25, 0.3) is 10.9 Å². The standard InChI is InChI=1S/C26H21F2N7O2/c27-25(28)37-19-10-8-17(9-11-19)31-24(36)14-16-4-6-18(7-5-16)32-26-29-13-12-23(34-26)33-21-2-1-3-22-20(21)15-30-35-22/h1-13,15,25H,14H2,(H,30,35)(H,31,36)(H2,29,32,33,34). The van der Waals surface area contributed by atoms with Crippen LogP contribution in [-0.2, 0) is 11.2 Å². The van der Waals surface area contributed by atoms with Gasteiger partial charge in [-0.3, -0.25) is 9.89 Å². The van der Waals surface area contributed by atoms with E-state index in [4.69, 9.17) is 0 Å². The number of nitrogens with zero attached hydrogens (tertiary/aromatic N) is 3. The predicted molar refractivity (Wildman–Crippen MR) is 137 cm³/mol. The van der Waals surface area contributed by atoms with Crippen LogP contribution in [0.3, 0.4) is 0 Å². The number of benzene rings is 3. The Morgan fingerprint density at radius 3 is 2.51 bits per heavy atom. The maximum atomic E-state index is 12.4. The number of nitrogens with one attached hydrogen (secondary N) is 4. The molecule has 5 rings (SSSR count). The SMILES string of the molecule is O=C(Cc1ccc(Nc2nccc(Nc3cccc4[nH]ncc34)n2)cc1)Nc1ccc(OC(F)F)cc1. The largest absolute Gasteiger partial charge is 0.435 e. The predicted octanol–water partition coefficient (Wildman–Crippen LogP) is 5.62. The molecule has 0 aliphatic heterocycles. The van der Waals surface area contributed by atoms with Gasteiger partial charge in [0.05, 0.1) is 23.8 Å². The third-order valence-corrected chi connectivity index (χ3v) is 5.34. The van der Waals surface area contributed by atoms with Gasteiger partial charge in [0.2, 0.25) is 11.9 Å². The summed E-state index contributed by atoms with van der Waals surface area (Å²) in [6.07, 6.45) is 3.55. The van der Waals surface area contributed by atoms with Gasteiger partial charge in [-0.05, 0) is 60.2 Å². The number of carbonyl (C=O) groups excluding carboxylic acids is 1. The quantitative estimate of drug-likeness (QED) is 0.207. The molecule has 11 heteroatoms. The second kappa shape index (κ2) is 10.7. The van der Waals surface area contributed by atoms with Gasteiger partial charge >= 0.3 is 6.61 Å². The maximum Gasteiger partial charge on any atom is 0.387 e. The van der Waals surface area contributed by atoms with Crippen molar-refractivity contribution < 1.29 is 18.3 Å². The van der Waals surface area contributed by atoms with Crippen molar-refractivity contribution in [3.05, 3.63) is 90.8 Å². The lowest BCUT2D eigenvalue weighted by molar-refractivity contribution is -0.115. The van der Waals surface area contributed by atoms with Crippen LogP contribution in [0.4, 0.5) is 37.6 Å². The minimum Gasteiger partial charge on any atom is -0.435 e. The number of hydrogen-bond donors (Lipinski definition) is 4.